The van der Waals surface area contributed by atoms with Crippen molar-refractivity contribution in [3.05, 3.63) is 29.6 Å². The summed E-state index contributed by atoms with van der Waals surface area (Å²) >= 11 is 0. The smallest absolute Gasteiger partial charge is 0.169 e. The summed E-state index contributed by atoms with van der Waals surface area (Å²) in [6.07, 6.45) is 1.71. The molecule has 0 aliphatic carbocycles. The molecule has 1 N–H and O–H groups in total. The van der Waals surface area contributed by atoms with Crippen LogP contribution < -0.4 is 4.74 Å². The molecular formula is C15H22FNO2. The van der Waals surface area contributed by atoms with Gasteiger partial charge in [0.15, 0.2) is 11.6 Å². The summed E-state index contributed by atoms with van der Waals surface area (Å²) in [5.74, 6) is 0.422. The molecule has 2 rings (SSSR count). The second-order valence-corrected chi connectivity index (χ2v) is 5.29. The number of nitrogens with zero attached hydrogens (tertiary/aromatic N) is 1. The minimum atomic E-state index is -0.261. The lowest BCUT2D eigenvalue weighted by atomic mass is 9.92. The van der Waals surface area contributed by atoms with Crippen LogP contribution in [-0.4, -0.2) is 36.3 Å². The van der Waals surface area contributed by atoms with Gasteiger partial charge >= 0.3 is 0 Å². The monoisotopic (exact) mass is 267 g/mol. The average molecular weight is 267 g/mol. The second-order valence-electron chi connectivity index (χ2n) is 5.29. The van der Waals surface area contributed by atoms with E-state index in [1.54, 1.807) is 12.1 Å². The molecule has 0 aromatic heterocycles. The van der Waals surface area contributed by atoms with Crippen molar-refractivity contribution in [2.75, 3.05) is 20.2 Å². The third kappa shape index (κ3) is 3.45. The number of hydrogen-bond donors (Lipinski definition) is 1. The van der Waals surface area contributed by atoms with Gasteiger partial charge in [0.2, 0.25) is 0 Å². The summed E-state index contributed by atoms with van der Waals surface area (Å²) in [6, 6.07) is 5.26. The Labute approximate surface area is 114 Å². The Morgan fingerprint density at radius 2 is 2.11 bits per heavy atom. The molecule has 0 amide bonds. The van der Waals surface area contributed by atoms with Crippen molar-refractivity contribution in [2.45, 2.75) is 32.4 Å². The highest BCUT2D eigenvalue weighted by atomic mass is 19.1. The van der Waals surface area contributed by atoms with Crippen molar-refractivity contribution < 1.29 is 14.2 Å². The van der Waals surface area contributed by atoms with Crippen LogP contribution in [0.4, 0.5) is 4.39 Å². The molecule has 106 valence electrons. The third-order valence-electron chi connectivity index (χ3n) is 3.97. The van der Waals surface area contributed by atoms with Gasteiger partial charge in [0, 0.05) is 12.1 Å². The molecule has 0 saturated carbocycles. The highest BCUT2D eigenvalue weighted by Crippen LogP contribution is 2.25. The Hall–Kier alpha value is -1.13. The van der Waals surface area contributed by atoms with Crippen LogP contribution in [0.15, 0.2) is 18.2 Å². The molecular weight excluding hydrogens is 245 g/mol. The summed E-state index contributed by atoms with van der Waals surface area (Å²) in [5, 5.41) is 9.57. The Bertz CT molecular complexity index is 415. The number of methoxy groups -OCH3 is 1. The highest BCUT2D eigenvalue weighted by Gasteiger charge is 2.23. The Morgan fingerprint density at radius 3 is 2.68 bits per heavy atom. The molecule has 19 heavy (non-hydrogen) atoms. The predicted molar refractivity (Wildman–Crippen MR) is 72.6 cm³/mol. The molecule has 1 fully saturated rings. The van der Waals surface area contributed by atoms with Crippen LogP contribution in [0.25, 0.3) is 0 Å². The van der Waals surface area contributed by atoms with Crippen molar-refractivity contribution in [3.63, 3.8) is 0 Å². The lowest BCUT2D eigenvalue weighted by molar-refractivity contribution is 0.0691. The van der Waals surface area contributed by atoms with Gasteiger partial charge < -0.3 is 9.84 Å². The molecule has 0 bridgehead atoms. The van der Waals surface area contributed by atoms with Crippen LogP contribution in [0, 0.1) is 11.7 Å². The lowest BCUT2D eigenvalue weighted by Crippen LogP contribution is -2.36. The lowest BCUT2D eigenvalue weighted by Gasteiger charge is -2.33. The van der Waals surface area contributed by atoms with Gasteiger partial charge in [0.05, 0.1) is 13.2 Å². The largest absolute Gasteiger partial charge is 0.494 e. The summed E-state index contributed by atoms with van der Waals surface area (Å²) in [7, 11) is 1.48. The van der Waals surface area contributed by atoms with Gasteiger partial charge in [-0.1, -0.05) is 12.1 Å². The van der Waals surface area contributed by atoms with Gasteiger partial charge in [0.25, 0.3) is 0 Å². The predicted octanol–water partition coefficient (Wildman–Crippen LogP) is 2.43. The van der Waals surface area contributed by atoms with Crippen LogP contribution in [0.1, 0.15) is 25.3 Å². The number of benzene rings is 1. The fourth-order valence-corrected chi connectivity index (χ4v) is 2.67. The minimum Gasteiger partial charge on any atom is -0.494 e. The Kier molecular flexibility index (Phi) is 4.77. The van der Waals surface area contributed by atoms with Crippen LogP contribution in [0.3, 0.4) is 0 Å². The van der Waals surface area contributed by atoms with E-state index in [1.165, 1.54) is 7.11 Å². The zero-order valence-corrected chi connectivity index (χ0v) is 11.6. The molecule has 3 nitrogen and oxygen atoms in total. The first-order valence-electron chi connectivity index (χ1n) is 6.83. The maximum absolute atomic E-state index is 14.0. The van der Waals surface area contributed by atoms with Crippen molar-refractivity contribution in [1.29, 1.82) is 0 Å². The topological polar surface area (TPSA) is 32.7 Å². The molecule has 0 spiro atoms. The quantitative estimate of drug-likeness (QED) is 0.909. The SMILES string of the molecule is COc1cccc(CN2CCC(C(C)O)CC2)c1F. The first-order chi connectivity index (χ1) is 9.11. The van der Waals surface area contributed by atoms with Gasteiger partial charge in [-0.05, 0) is 44.8 Å². The molecule has 4 heteroatoms. The molecule has 1 atom stereocenters. The minimum absolute atomic E-state index is 0.240. The van der Waals surface area contributed by atoms with E-state index in [0.717, 1.165) is 25.9 Å². The van der Waals surface area contributed by atoms with Crippen molar-refractivity contribution in [3.8, 4) is 5.75 Å². The maximum Gasteiger partial charge on any atom is 0.169 e. The first kappa shape index (κ1) is 14.3. The zero-order valence-electron chi connectivity index (χ0n) is 11.6. The van der Waals surface area contributed by atoms with Gasteiger partial charge in [-0.2, -0.15) is 0 Å². The molecule has 0 radical (unpaired) electrons. The fourth-order valence-electron chi connectivity index (χ4n) is 2.67. The van der Waals surface area contributed by atoms with Crippen LogP contribution in [0.5, 0.6) is 5.75 Å². The number of likely N-dealkylation sites (tertiary alicyclic amines) is 1. The number of halogens is 1. The van der Waals surface area contributed by atoms with Crippen LogP contribution in [-0.2, 0) is 6.54 Å². The summed E-state index contributed by atoms with van der Waals surface area (Å²) in [5.41, 5.74) is 0.676. The van der Waals surface area contributed by atoms with Crippen LogP contribution in [0.2, 0.25) is 0 Å². The highest BCUT2D eigenvalue weighted by molar-refractivity contribution is 5.31. The van der Waals surface area contributed by atoms with Crippen molar-refractivity contribution in [2.24, 2.45) is 5.92 Å². The van der Waals surface area contributed by atoms with Crippen molar-refractivity contribution in [1.82, 2.24) is 4.90 Å². The van der Waals surface area contributed by atoms with Gasteiger partial charge in [-0.15, -0.1) is 0 Å². The fraction of sp³-hybridized carbons (Fsp3) is 0.600. The molecule has 1 heterocycles. The van der Waals surface area contributed by atoms with Crippen molar-refractivity contribution >= 4 is 0 Å². The summed E-state index contributed by atoms with van der Waals surface area (Å²) in [6.45, 7) is 4.27. The molecule has 1 aromatic rings. The first-order valence-corrected chi connectivity index (χ1v) is 6.83. The van der Waals surface area contributed by atoms with E-state index in [0.29, 0.717) is 23.8 Å². The molecule has 1 aromatic carbocycles. The molecule has 1 saturated heterocycles. The molecule has 1 unspecified atom stereocenters. The standard InChI is InChI=1S/C15H22FNO2/c1-11(18)12-6-8-17(9-7-12)10-13-4-3-5-14(19-2)15(13)16/h3-5,11-12,18H,6-10H2,1-2H3. The van der Waals surface area contributed by atoms with Gasteiger partial charge in [-0.25, -0.2) is 4.39 Å². The van der Waals surface area contributed by atoms with Gasteiger partial charge in [0.1, 0.15) is 0 Å². The summed E-state index contributed by atoms with van der Waals surface area (Å²) < 4.78 is 19.0. The number of ether oxygens (including phenoxy) is 1. The van der Waals surface area contributed by atoms with Crippen LogP contribution >= 0.6 is 0 Å². The van der Waals surface area contributed by atoms with E-state index in [4.69, 9.17) is 4.74 Å². The maximum atomic E-state index is 14.0. The average Bonchev–Trinajstić information content (AvgIpc) is 2.42. The number of aliphatic hydroxyl groups excluding tert-OH is 1. The normalized spacial score (nSPS) is 19.4. The zero-order chi connectivity index (χ0) is 13.8. The second kappa shape index (κ2) is 6.35. The number of aliphatic hydroxyl groups is 1. The molecule has 1 aliphatic heterocycles. The molecule has 1 aliphatic rings. The number of rotatable bonds is 4. The van der Waals surface area contributed by atoms with E-state index in [1.807, 2.05) is 13.0 Å². The third-order valence-corrected chi connectivity index (χ3v) is 3.97. The van der Waals surface area contributed by atoms with E-state index in [2.05, 4.69) is 4.90 Å². The summed E-state index contributed by atoms with van der Waals surface area (Å²) in [4.78, 5) is 2.23. The number of hydrogen-bond acceptors (Lipinski definition) is 3. The number of piperidine rings is 1. The Morgan fingerprint density at radius 1 is 1.42 bits per heavy atom. The van der Waals surface area contributed by atoms with E-state index < -0.39 is 0 Å². The van der Waals surface area contributed by atoms with Gasteiger partial charge in [-0.3, -0.25) is 4.90 Å². The van der Waals surface area contributed by atoms with E-state index in [9.17, 15) is 9.50 Å². The van der Waals surface area contributed by atoms with E-state index in [-0.39, 0.29) is 11.9 Å². The van der Waals surface area contributed by atoms with E-state index >= 15 is 0 Å². The Balaban J connectivity index is 1.96.